The predicted molar refractivity (Wildman–Crippen MR) is 53.8 cm³/mol. The molecule has 2 rings (SSSR count). The number of oxazole rings is 1. The van der Waals surface area contributed by atoms with Gasteiger partial charge in [0, 0.05) is 0 Å². The molecule has 2 aromatic rings. The molecule has 0 spiro atoms. The lowest BCUT2D eigenvalue weighted by atomic mass is 10.3. The summed E-state index contributed by atoms with van der Waals surface area (Å²) in [7, 11) is 1.63. The maximum Gasteiger partial charge on any atom is 0.180 e. The number of benzene rings is 1. The molecule has 1 aromatic carbocycles. The second-order valence-electron chi connectivity index (χ2n) is 2.94. The van der Waals surface area contributed by atoms with Crippen molar-refractivity contribution in [2.45, 2.75) is 6.61 Å². The van der Waals surface area contributed by atoms with E-state index in [1.165, 1.54) is 6.39 Å². The Balaban J connectivity index is 1.93. The first-order valence-corrected chi connectivity index (χ1v) is 4.52. The minimum absolute atomic E-state index is 0.406. The van der Waals surface area contributed by atoms with Crippen molar-refractivity contribution < 1.29 is 13.9 Å². The van der Waals surface area contributed by atoms with Crippen molar-refractivity contribution in [3.05, 3.63) is 42.6 Å². The van der Waals surface area contributed by atoms with Crippen LogP contribution in [0, 0.1) is 0 Å². The van der Waals surface area contributed by atoms with E-state index in [-0.39, 0.29) is 0 Å². The van der Waals surface area contributed by atoms with Gasteiger partial charge in [0.2, 0.25) is 0 Å². The summed E-state index contributed by atoms with van der Waals surface area (Å²) in [5.74, 6) is 1.59. The first kappa shape index (κ1) is 9.58. The quantitative estimate of drug-likeness (QED) is 0.768. The largest absolute Gasteiger partial charge is 0.497 e. The summed E-state index contributed by atoms with van der Waals surface area (Å²) in [5.41, 5.74) is 0.769. The summed E-state index contributed by atoms with van der Waals surface area (Å²) in [6.45, 7) is 0.406. The Morgan fingerprint density at radius 2 is 1.93 bits per heavy atom. The molecular formula is C11H11NO3. The van der Waals surface area contributed by atoms with E-state index < -0.39 is 0 Å². The number of methoxy groups -OCH3 is 1. The van der Waals surface area contributed by atoms with E-state index in [4.69, 9.17) is 13.9 Å². The van der Waals surface area contributed by atoms with Crippen molar-refractivity contribution >= 4 is 0 Å². The number of nitrogens with zero attached hydrogens (tertiary/aromatic N) is 1. The zero-order valence-corrected chi connectivity index (χ0v) is 8.34. The van der Waals surface area contributed by atoms with Crippen LogP contribution in [0.2, 0.25) is 0 Å². The van der Waals surface area contributed by atoms with Crippen molar-refractivity contribution in [1.82, 2.24) is 4.98 Å². The van der Waals surface area contributed by atoms with Gasteiger partial charge in [-0.2, -0.15) is 0 Å². The maximum absolute atomic E-state index is 5.47. The lowest BCUT2D eigenvalue weighted by Gasteiger charge is -2.04. The van der Waals surface area contributed by atoms with Crippen LogP contribution in [0.3, 0.4) is 0 Å². The molecule has 78 valence electrons. The third-order valence-electron chi connectivity index (χ3n) is 1.93. The summed E-state index contributed by atoms with van der Waals surface area (Å²) >= 11 is 0. The number of aromatic nitrogens is 1. The fourth-order valence-electron chi connectivity index (χ4n) is 1.14. The summed E-state index contributed by atoms with van der Waals surface area (Å²) in [4.78, 5) is 3.95. The lowest BCUT2D eigenvalue weighted by Crippen LogP contribution is -1.95. The van der Waals surface area contributed by atoms with E-state index in [1.54, 1.807) is 13.4 Å². The molecule has 0 aliphatic rings. The monoisotopic (exact) mass is 205 g/mol. The van der Waals surface area contributed by atoms with Crippen molar-refractivity contribution in [2.75, 3.05) is 7.11 Å². The molecule has 0 aliphatic heterocycles. The highest BCUT2D eigenvalue weighted by molar-refractivity contribution is 5.31. The third kappa shape index (κ3) is 2.49. The van der Waals surface area contributed by atoms with Gasteiger partial charge in [0.25, 0.3) is 0 Å². The third-order valence-corrected chi connectivity index (χ3v) is 1.93. The number of hydrogen-bond donors (Lipinski definition) is 0. The van der Waals surface area contributed by atoms with Crippen molar-refractivity contribution in [1.29, 1.82) is 0 Å². The first-order valence-electron chi connectivity index (χ1n) is 4.52. The van der Waals surface area contributed by atoms with Crippen LogP contribution in [-0.2, 0) is 6.61 Å². The van der Waals surface area contributed by atoms with Gasteiger partial charge in [-0.25, -0.2) is 4.98 Å². The Labute approximate surface area is 87.5 Å². The standard InChI is InChI=1S/C11H11NO3/c1-13-10-2-4-11(5-3-10)15-7-9-6-14-8-12-9/h2-6,8H,7H2,1H3. The summed E-state index contributed by atoms with van der Waals surface area (Å²) in [5, 5.41) is 0. The zero-order chi connectivity index (χ0) is 10.5. The average molecular weight is 205 g/mol. The van der Waals surface area contributed by atoms with Crippen LogP contribution in [0.25, 0.3) is 0 Å². The molecule has 15 heavy (non-hydrogen) atoms. The number of hydrogen-bond acceptors (Lipinski definition) is 4. The Kier molecular flexibility index (Phi) is 2.88. The summed E-state index contributed by atoms with van der Waals surface area (Å²) in [6.07, 6.45) is 2.94. The highest BCUT2D eigenvalue weighted by atomic mass is 16.5. The van der Waals surface area contributed by atoms with Crippen molar-refractivity contribution in [3.8, 4) is 11.5 Å². The summed E-state index contributed by atoms with van der Waals surface area (Å²) < 4.78 is 15.3. The van der Waals surface area contributed by atoms with Gasteiger partial charge in [0.1, 0.15) is 30.1 Å². The summed E-state index contributed by atoms with van der Waals surface area (Å²) in [6, 6.07) is 7.38. The van der Waals surface area contributed by atoms with E-state index in [0.717, 1.165) is 17.2 Å². The SMILES string of the molecule is COc1ccc(OCc2cocn2)cc1. The van der Waals surface area contributed by atoms with Crippen LogP contribution in [0.4, 0.5) is 0 Å². The normalized spacial score (nSPS) is 9.93. The Bertz CT molecular complexity index is 394. The molecule has 0 saturated heterocycles. The highest BCUT2D eigenvalue weighted by Gasteiger charge is 1.98. The molecule has 0 amide bonds. The van der Waals surface area contributed by atoms with Gasteiger partial charge in [0.05, 0.1) is 7.11 Å². The molecule has 0 radical (unpaired) electrons. The van der Waals surface area contributed by atoms with Crippen LogP contribution in [0.1, 0.15) is 5.69 Å². The smallest absolute Gasteiger partial charge is 0.180 e. The molecule has 4 heteroatoms. The molecule has 0 saturated carbocycles. The Morgan fingerprint density at radius 3 is 2.53 bits per heavy atom. The second-order valence-corrected chi connectivity index (χ2v) is 2.94. The van der Waals surface area contributed by atoms with Crippen LogP contribution in [0.15, 0.2) is 41.3 Å². The minimum atomic E-state index is 0.406. The van der Waals surface area contributed by atoms with Gasteiger partial charge in [0.15, 0.2) is 6.39 Å². The highest BCUT2D eigenvalue weighted by Crippen LogP contribution is 2.17. The molecule has 0 fully saturated rings. The van der Waals surface area contributed by atoms with E-state index in [0.29, 0.717) is 6.61 Å². The van der Waals surface area contributed by atoms with Crippen molar-refractivity contribution in [3.63, 3.8) is 0 Å². The van der Waals surface area contributed by atoms with E-state index in [9.17, 15) is 0 Å². The predicted octanol–water partition coefficient (Wildman–Crippen LogP) is 2.26. The number of rotatable bonds is 4. The van der Waals surface area contributed by atoms with Gasteiger partial charge in [-0.3, -0.25) is 0 Å². The lowest BCUT2D eigenvalue weighted by molar-refractivity contribution is 0.300. The Morgan fingerprint density at radius 1 is 1.20 bits per heavy atom. The molecule has 0 atom stereocenters. The topological polar surface area (TPSA) is 44.5 Å². The fourth-order valence-corrected chi connectivity index (χ4v) is 1.14. The molecule has 1 heterocycles. The van der Waals surface area contributed by atoms with E-state index >= 15 is 0 Å². The van der Waals surface area contributed by atoms with Crippen LogP contribution >= 0.6 is 0 Å². The second kappa shape index (κ2) is 4.50. The van der Waals surface area contributed by atoms with Gasteiger partial charge < -0.3 is 13.9 Å². The van der Waals surface area contributed by atoms with Crippen LogP contribution in [-0.4, -0.2) is 12.1 Å². The molecular weight excluding hydrogens is 194 g/mol. The molecule has 4 nitrogen and oxygen atoms in total. The van der Waals surface area contributed by atoms with Gasteiger partial charge in [-0.15, -0.1) is 0 Å². The van der Waals surface area contributed by atoms with Gasteiger partial charge >= 0.3 is 0 Å². The van der Waals surface area contributed by atoms with Gasteiger partial charge in [-0.05, 0) is 24.3 Å². The minimum Gasteiger partial charge on any atom is -0.497 e. The average Bonchev–Trinajstić information content (AvgIpc) is 2.80. The number of ether oxygens (including phenoxy) is 2. The maximum atomic E-state index is 5.47. The Hall–Kier alpha value is -1.97. The van der Waals surface area contributed by atoms with Crippen LogP contribution in [0.5, 0.6) is 11.5 Å². The molecule has 0 unspecified atom stereocenters. The van der Waals surface area contributed by atoms with Crippen molar-refractivity contribution in [2.24, 2.45) is 0 Å². The van der Waals surface area contributed by atoms with E-state index in [2.05, 4.69) is 4.98 Å². The zero-order valence-electron chi connectivity index (χ0n) is 8.34. The molecule has 0 bridgehead atoms. The fraction of sp³-hybridized carbons (Fsp3) is 0.182. The molecule has 0 N–H and O–H groups in total. The molecule has 0 aliphatic carbocycles. The first-order chi connectivity index (χ1) is 7.38. The van der Waals surface area contributed by atoms with Gasteiger partial charge in [-0.1, -0.05) is 0 Å². The van der Waals surface area contributed by atoms with Crippen LogP contribution < -0.4 is 9.47 Å². The van der Waals surface area contributed by atoms with E-state index in [1.807, 2.05) is 24.3 Å². The molecule has 1 aromatic heterocycles.